The van der Waals surface area contributed by atoms with Crippen molar-refractivity contribution in [2.75, 3.05) is 0 Å². The molecule has 0 atom stereocenters. The Morgan fingerprint density at radius 3 is 0.579 bits per heavy atom. The van der Waals surface area contributed by atoms with Crippen LogP contribution in [-0.4, -0.2) is 0 Å². The van der Waals surface area contributed by atoms with Crippen LogP contribution in [0.5, 0.6) is 0 Å². The molecule has 0 aliphatic rings. The molecule has 0 saturated carbocycles. The fourth-order valence-electron chi connectivity index (χ4n) is 0.172. The summed E-state index contributed by atoms with van der Waals surface area (Å²) in [7, 11) is 29.5. The molecule has 0 spiro atoms. The Hall–Kier alpha value is 6.65. The molecule has 0 saturated heterocycles. The summed E-state index contributed by atoms with van der Waals surface area (Å²) < 4.78 is 0. The summed E-state index contributed by atoms with van der Waals surface area (Å²) >= 11 is 8.09. The molecule has 19 heavy (non-hydrogen) atoms. The van der Waals surface area contributed by atoms with Crippen molar-refractivity contribution in [3.05, 3.63) is 0 Å². The van der Waals surface area contributed by atoms with E-state index in [0.717, 1.165) is 0 Å². The zero-order valence-corrected chi connectivity index (χ0v) is 23.5. The molecule has 0 fully saturated rings. The van der Waals surface area contributed by atoms with Gasteiger partial charge in [0.2, 0.25) is 0 Å². The first-order chi connectivity index (χ1) is 9.41. The van der Waals surface area contributed by atoms with Crippen molar-refractivity contribution < 1.29 is 0 Å². The third-order valence-corrected chi connectivity index (χ3v) is 36.4. The minimum Gasteiger partial charge on any atom is -0.0988 e. The van der Waals surface area contributed by atoms with Crippen molar-refractivity contribution in [3.63, 3.8) is 0 Å². The summed E-state index contributed by atoms with van der Waals surface area (Å²) in [5.41, 5.74) is 0. The highest BCUT2D eigenvalue weighted by Crippen LogP contribution is 2.64. The summed E-state index contributed by atoms with van der Waals surface area (Å²) in [6, 6.07) is 0. The maximum atomic E-state index is 4.04. The Kier molecular flexibility index (Phi) is 33.3. The maximum absolute atomic E-state index is 4.04. The van der Waals surface area contributed by atoms with Gasteiger partial charge in [-0.1, -0.05) is 23.3 Å². The van der Waals surface area contributed by atoms with Gasteiger partial charge >= 0.3 is 0 Å². The quantitative estimate of drug-likeness (QED) is 0.0965. The summed E-state index contributed by atoms with van der Waals surface area (Å²) in [6.45, 7) is 0. The van der Waals surface area contributed by atoms with Gasteiger partial charge in [-0.2, -0.15) is 0 Å². The molecule has 0 radical (unpaired) electrons. The largest absolute Gasteiger partial charge is 0.0988 e. The highest BCUT2D eigenvalue weighted by atomic mass is 34.1. The van der Waals surface area contributed by atoms with E-state index < -0.39 is 0 Å². The van der Waals surface area contributed by atoms with Crippen LogP contribution in [0.3, 0.4) is 0 Å². The Morgan fingerprint density at radius 2 is 0.421 bits per heavy atom. The molecule has 0 N–H and O–H groups in total. The number of hydrogen-bond donors (Lipinski definition) is 2. The summed E-state index contributed by atoms with van der Waals surface area (Å²) in [5, 5.41) is 0. The van der Waals surface area contributed by atoms with Gasteiger partial charge in [-0.05, 0) is 157 Å². The van der Waals surface area contributed by atoms with E-state index in [9.17, 15) is 0 Å². The molecule has 0 heterocycles. The Morgan fingerprint density at radius 1 is 0.263 bits per heavy atom. The first kappa shape index (κ1) is 25.6. The van der Waals surface area contributed by atoms with Crippen LogP contribution in [0.4, 0.5) is 0 Å². The third-order valence-electron chi connectivity index (χ3n) is 0.450. The SMILES string of the molecule is SSSSSSSSSSSSSSSSSSS. The number of thiol groups is 2. The second kappa shape index (κ2) is 24.7. The van der Waals surface area contributed by atoms with Gasteiger partial charge in [0.05, 0.1) is 0 Å². The summed E-state index contributed by atoms with van der Waals surface area (Å²) in [5.74, 6) is 0. The predicted octanol–water partition coefficient (Wildman–Crippen LogP) is 11.8. The van der Waals surface area contributed by atoms with E-state index >= 15 is 0 Å². The van der Waals surface area contributed by atoms with E-state index in [-0.39, 0.29) is 0 Å². The van der Waals surface area contributed by atoms with Gasteiger partial charge in [0.15, 0.2) is 0 Å². The summed E-state index contributed by atoms with van der Waals surface area (Å²) in [4.78, 5) is 0. The third kappa shape index (κ3) is 24.6. The highest BCUT2D eigenvalue weighted by Gasteiger charge is 1.99. The van der Waals surface area contributed by atoms with Gasteiger partial charge in [-0.3, -0.25) is 0 Å². The molecule has 19 heteroatoms. The first-order valence-electron chi connectivity index (χ1n) is 3.03. The lowest BCUT2D eigenvalue weighted by Gasteiger charge is -1.98. The van der Waals surface area contributed by atoms with Crippen LogP contribution in [0.25, 0.3) is 0 Å². The Labute approximate surface area is 186 Å². The van der Waals surface area contributed by atoms with Crippen molar-refractivity contribution >= 4 is 190 Å². The van der Waals surface area contributed by atoms with Crippen molar-refractivity contribution in [2.24, 2.45) is 0 Å². The van der Waals surface area contributed by atoms with Crippen LogP contribution in [-0.2, 0) is 0 Å². The molecule has 0 bridgehead atoms. The van der Waals surface area contributed by atoms with E-state index in [0.29, 0.717) is 0 Å². The molecular weight excluding hydrogens is 609 g/mol. The molecule has 116 valence electrons. The second-order valence-electron chi connectivity index (χ2n) is 1.17. The molecule has 0 aromatic rings. The topological polar surface area (TPSA) is 0 Å². The zero-order chi connectivity index (χ0) is 14.0. The van der Waals surface area contributed by atoms with Crippen molar-refractivity contribution in [3.8, 4) is 0 Å². The lowest BCUT2D eigenvalue weighted by molar-refractivity contribution is 5.62. The summed E-state index contributed by atoms with van der Waals surface area (Å²) in [6.07, 6.45) is 0. The molecule has 0 rings (SSSR count). The fraction of sp³-hybridized carbons (Fsp3) is 0. The van der Waals surface area contributed by atoms with Gasteiger partial charge in [0.1, 0.15) is 0 Å². The number of rotatable bonds is 16. The molecule has 0 nitrogen and oxygen atoms in total. The average molecular weight is 611 g/mol. The molecule has 0 aromatic heterocycles. The lowest BCUT2D eigenvalue weighted by Crippen LogP contribution is -1.33. The average Bonchev–Trinajstić information content (AvgIpc) is 2.43. The van der Waals surface area contributed by atoms with Crippen molar-refractivity contribution in [1.29, 1.82) is 0 Å². The van der Waals surface area contributed by atoms with E-state index in [1.165, 1.54) is 19.7 Å². The molecule has 0 amide bonds. The minimum absolute atomic E-state index is 1.48. The molecule has 0 aliphatic carbocycles. The van der Waals surface area contributed by atoms with Crippen molar-refractivity contribution in [1.82, 2.24) is 0 Å². The van der Waals surface area contributed by atoms with E-state index in [2.05, 4.69) is 23.3 Å². The second-order valence-corrected chi connectivity index (χ2v) is 31.6. The van der Waals surface area contributed by atoms with E-state index in [1.807, 2.05) is 0 Å². The standard InChI is InChI=1S/H2S19/c1-3-5-7-9-11-13-15-17-19-18-16-14-12-10-8-6-4-2/h1-2H. The highest BCUT2D eigenvalue weighted by molar-refractivity contribution is 9.58. The molecular formula is H2S19. The van der Waals surface area contributed by atoms with Gasteiger partial charge in [-0.15, -0.1) is 0 Å². The van der Waals surface area contributed by atoms with Crippen LogP contribution < -0.4 is 0 Å². The number of hydrogen-bond acceptors (Lipinski definition) is 19. The normalized spacial score (nSPS) is 11.1. The molecule has 0 aromatic carbocycles. The molecule has 0 unspecified atom stereocenters. The van der Waals surface area contributed by atoms with Crippen LogP contribution in [0.15, 0.2) is 0 Å². The van der Waals surface area contributed by atoms with Gasteiger partial charge < -0.3 is 0 Å². The first-order valence-corrected chi connectivity index (χ1v) is 27.3. The Balaban J connectivity index is 2.88. The predicted molar refractivity (Wildman–Crippen MR) is 147 cm³/mol. The van der Waals surface area contributed by atoms with E-state index in [4.69, 9.17) is 0 Å². The van der Waals surface area contributed by atoms with Gasteiger partial charge in [0.25, 0.3) is 0 Å². The monoisotopic (exact) mass is 609 g/mol. The minimum atomic E-state index is 1.48. The smallest absolute Gasteiger partial charge is 0 e. The van der Waals surface area contributed by atoms with Gasteiger partial charge in [0, 0.05) is 9.83 Å². The Bertz CT molecular complexity index is 123. The van der Waals surface area contributed by atoms with Crippen LogP contribution >= 0.6 is 190 Å². The van der Waals surface area contributed by atoms with Gasteiger partial charge in [-0.25, -0.2) is 0 Å². The van der Waals surface area contributed by atoms with Crippen LogP contribution in [0.1, 0.15) is 0 Å². The maximum Gasteiger partial charge on any atom is 0 e. The van der Waals surface area contributed by atoms with Crippen molar-refractivity contribution in [2.45, 2.75) is 0 Å². The zero-order valence-electron chi connectivity index (χ0n) is 7.83. The van der Waals surface area contributed by atoms with E-state index in [1.54, 1.807) is 147 Å². The molecule has 0 aliphatic heterocycles. The van der Waals surface area contributed by atoms with Crippen LogP contribution in [0.2, 0.25) is 0 Å². The fourth-order valence-corrected chi connectivity index (χ4v) is 41.9. The lowest BCUT2D eigenvalue weighted by atomic mass is 30.1. The van der Waals surface area contributed by atoms with Crippen LogP contribution in [0, 0.1) is 0 Å².